The molecule has 7 nitrogen and oxygen atoms in total. The molecule has 2 aromatic heterocycles. The second-order valence-corrected chi connectivity index (χ2v) is 5.66. The number of aryl methyl sites for hydroxylation is 1. The maximum atomic E-state index is 9.17. The van der Waals surface area contributed by atoms with Crippen molar-refractivity contribution in [2.45, 2.75) is 19.6 Å². The molecular weight excluding hydrogens is 342 g/mol. The number of aromatic nitrogens is 3. The van der Waals surface area contributed by atoms with Crippen molar-refractivity contribution in [3.8, 4) is 11.8 Å². The summed E-state index contributed by atoms with van der Waals surface area (Å²) in [4.78, 5) is 8.12. The van der Waals surface area contributed by atoms with Gasteiger partial charge in [-0.25, -0.2) is 4.98 Å². The van der Waals surface area contributed by atoms with Crippen LogP contribution in [0.5, 0.6) is 5.75 Å². The smallest absolute Gasteiger partial charge is 0.236 e. The van der Waals surface area contributed by atoms with Crippen LogP contribution in [0.25, 0.3) is 0 Å². The predicted octanol–water partition coefficient (Wildman–Crippen LogP) is 3.48. The number of nitriles is 1. The third kappa shape index (κ3) is 4.75. The van der Waals surface area contributed by atoms with Crippen LogP contribution in [0.15, 0.2) is 47.4 Å². The lowest BCUT2D eigenvalue weighted by Gasteiger charge is -2.04. The third-order valence-electron chi connectivity index (χ3n) is 3.39. The number of oxazole rings is 1. The Bertz CT molecular complexity index is 837. The molecule has 0 aliphatic heterocycles. The highest BCUT2D eigenvalue weighted by atomic mass is 35.5. The lowest BCUT2D eigenvalue weighted by Crippen LogP contribution is -2.06. The number of nitrogens with one attached hydrogen (secondary N) is 1. The first kappa shape index (κ1) is 16.9. The Morgan fingerprint density at radius 2 is 2.16 bits per heavy atom. The molecule has 0 aliphatic carbocycles. The van der Waals surface area contributed by atoms with Crippen LogP contribution in [-0.4, -0.2) is 21.1 Å². The molecule has 0 saturated heterocycles. The number of hydrogen-bond acceptors (Lipinski definition) is 6. The van der Waals surface area contributed by atoms with Gasteiger partial charge >= 0.3 is 0 Å². The van der Waals surface area contributed by atoms with Gasteiger partial charge < -0.3 is 19.0 Å². The van der Waals surface area contributed by atoms with Gasteiger partial charge in [0.2, 0.25) is 17.5 Å². The molecule has 0 saturated carbocycles. The summed E-state index contributed by atoms with van der Waals surface area (Å²) < 4.78 is 13.1. The maximum Gasteiger partial charge on any atom is 0.236 e. The van der Waals surface area contributed by atoms with Gasteiger partial charge in [0.25, 0.3) is 0 Å². The van der Waals surface area contributed by atoms with Crippen LogP contribution in [0.2, 0.25) is 5.02 Å². The molecule has 1 N–H and O–H groups in total. The van der Waals surface area contributed by atoms with Gasteiger partial charge in [-0.2, -0.15) is 10.2 Å². The van der Waals surface area contributed by atoms with E-state index in [1.807, 2.05) is 16.8 Å². The summed E-state index contributed by atoms with van der Waals surface area (Å²) in [5, 5.41) is 12.9. The summed E-state index contributed by atoms with van der Waals surface area (Å²) in [6, 6.07) is 9.00. The molecule has 1 aromatic carbocycles. The summed E-state index contributed by atoms with van der Waals surface area (Å²) >= 11 is 5.83. The molecular formula is C17H16ClN5O2. The van der Waals surface area contributed by atoms with Crippen molar-refractivity contribution in [3.63, 3.8) is 0 Å². The fraction of sp³-hybridized carbons (Fsp3) is 0.235. The van der Waals surface area contributed by atoms with Gasteiger partial charge in [-0.1, -0.05) is 11.6 Å². The third-order valence-corrected chi connectivity index (χ3v) is 3.64. The summed E-state index contributed by atoms with van der Waals surface area (Å²) in [5.41, 5.74) is 0.220. The van der Waals surface area contributed by atoms with Crippen LogP contribution in [0, 0.1) is 11.3 Å². The predicted molar refractivity (Wildman–Crippen MR) is 92.3 cm³/mol. The van der Waals surface area contributed by atoms with Crippen molar-refractivity contribution >= 4 is 17.5 Å². The minimum atomic E-state index is 0.132. The minimum absolute atomic E-state index is 0.132. The number of nitrogens with zero attached hydrogens (tertiary/aromatic N) is 4. The van der Waals surface area contributed by atoms with Crippen molar-refractivity contribution in [1.82, 2.24) is 14.5 Å². The number of hydrogen-bond donors (Lipinski definition) is 1. The zero-order chi connectivity index (χ0) is 17.5. The molecule has 0 radical (unpaired) electrons. The summed E-state index contributed by atoms with van der Waals surface area (Å²) in [5.74, 6) is 1.35. The van der Waals surface area contributed by atoms with Gasteiger partial charge in [-0.05, 0) is 30.7 Å². The number of benzene rings is 1. The fourth-order valence-corrected chi connectivity index (χ4v) is 2.31. The molecule has 25 heavy (non-hydrogen) atoms. The van der Waals surface area contributed by atoms with Crippen molar-refractivity contribution in [3.05, 3.63) is 59.6 Å². The molecule has 2 heterocycles. The largest absolute Gasteiger partial charge is 0.484 e. The number of ether oxygens (including phenoxy) is 1. The van der Waals surface area contributed by atoms with E-state index in [2.05, 4.69) is 15.3 Å². The lowest BCUT2D eigenvalue weighted by atomic mass is 10.3. The standard InChI is InChI=1S/C17H16ClN5O2/c18-13-2-4-14(5-3-13)24-11-16-22-15(10-19)17(25-16)21-6-1-8-23-9-7-20-12-23/h2-5,7,9,12,21H,1,6,8,11H2. The molecule has 0 atom stereocenters. The van der Waals surface area contributed by atoms with E-state index >= 15 is 0 Å². The molecule has 0 amide bonds. The van der Waals surface area contributed by atoms with Gasteiger partial charge in [0, 0.05) is 30.5 Å². The van der Waals surface area contributed by atoms with Crippen molar-refractivity contribution in [1.29, 1.82) is 5.26 Å². The van der Waals surface area contributed by atoms with Gasteiger partial charge in [-0.15, -0.1) is 0 Å². The molecule has 3 rings (SSSR count). The van der Waals surface area contributed by atoms with E-state index < -0.39 is 0 Å². The average molecular weight is 358 g/mol. The molecule has 3 aromatic rings. The molecule has 0 unspecified atom stereocenters. The summed E-state index contributed by atoms with van der Waals surface area (Å²) in [7, 11) is 0. The second kappa shape index (κ2) is 8.22. The number of imidazole rings is 1. The highest BCUT2D eigenvalue weighted by molar-refractivity contribution is 6.30. The first-order valence-electron chi connectivity index (χ1n) is 7.72. The van der Waals surface area contributed by atoms with Crippen molar-refractivity contribution in [2.24, 2.45) is 0 Å². The van der Waals surface area contributed by atoms with Gasteiger partial charge in [-0.3, -0.25) is 0 Å². The van der Waals surface area contributed by atoms with E-state index in [0.29, 0.717) is 29.1 Å². The van der Waals surface area contributed by atoms with E-state index in [0.717, 1.165) is 13.0 Å². The molecule has 0 fully saturated rings. The number of anilines is 1. The monoisotopic (exact) mass is 357 g/mol. The van der Waals surface area contributed by atoms with Crippen LogP contribution >= 0.6 is 11.6 Å². The SMILES string of the molecule is N#Cc1nc(COc2ccc(Cl)cc2)oc1NCCCn1ccnc1. The van der Waals surface area contributed by atoms with Crippen LogP contribution in [0.4, 0.5) is 5.88 Å². The van der Waals surface area contributed by atoms with Crippen LogP contribution in [-0.2, 0) is 13.2 Å². The van der Waals surface area contributed by atoms with Crippen LogP contribution in [0.3, 0.4) is 0 Å². The quantitative estimate of drug-likeness (QED) is 0.621. The number of halogens is 1. The molecule has 0 spiro atoms. The summed E-state index contributed by atoms with van der Waals surface area (Å²) in [6.07, 6.45) is 6.27. The molecule has 8 heteroatoms. The average Bonchev–Trinajstić information content (AvgIpc) is 3.28. The Kier molecular flexibility index (Phi) is 5.54. The van der Waals surface area contributed by atoms with E-state index in [4.69, 9.17) is 20.8 Å². The van der Waals surface area contributed by atoms with Crippen LogP contribution < -0.4 is 10.1 Å². The number of rotatable bonds is 8. The minimum Gasteiger partial charge on any atom is -0.484 e. The second-order valence-electron chi connectivity index (χ2n) is 5.22. The highest BCUT2D eigenvalue weighted by Gasteiger charge is 2.13. The summed E-state index contributed by atoms with van der Waals surface area (Å²) in [6.45, 7) is 1.61. The highest BCUT2D eigenvalue weighted by Crippen LogP contribution is 2.20. The normalized spacial score (nSPS) is 10.4. The van der Waals surface area contributed by atoms with Gasteiger partial charge in [0.1, 0.15) is 11.8 Å². The Hall–Kier alpha value is -2.98. The van der Waals surface area contributed by atoms with E-state index in [-0.39, 0.29) is 12.3 Å². The molecule has 0 aliphatic rings. The molecule has 0 bridgehead atoms. The van der Waals surface area contributed by atoms with E-state index in [1.165, 1.54) is 0 Å². The molecule has 128 valence electrons. The van der Waals surface area contributed by atoms with Crippen molar-refractivity contribution < 1.29 is 9.15 Å². The zero-order valence-electron chi connectivity index (χ0n) is 13.4. The van der Waals surface area contributed by atoms with Crippen LogP contribution in [0.1, 0.15) is 18.0 Å². The van der Waals surface area contributed by atoms with Gasteiger partial charge in [0.05, 0.1) is 6.33 Å². The van der Waals surface area contributed by atoms with Gasteiger partial charge in [0.15, 0.2) is 6.61 Å². The Morgan fingerprint density at radius 3 is 2.88 bits per heavy atom. The Morgan fingerprint density at radius 1 is 1.32 bits per heavy atom. The maximum absolute atomic E-state index is 9.17. The lowest BCUT2D eigenvalue weighted by molar-refractivity contribution is 0.265. The first-order valence-corrected chi connectivity index (χ1v) is 8.10. The Labute approximate surface area is 149 Å². The fourth-order valence-electron chi connectivity index (χ4n) is 2.18. The topological polar surface area (TPSA) is 88.9 Å². The first-order chi connectivity index (χ1) is 12.2. The Balaban J connectivity index is 1.52. The van der Waals surface area contributed by atoms with Crippen molar-refractivity contribution in [2.75, 3.05) is 11.9 Å². The van der Waals surface area contributed by atoms with E-state index in [1.54, 1.807) is 36.8 Å². The van der Waals surface area contributed by atoms with E-state index in [9.17, 15) is 5.26 Å². The zero-order valence-corrected chi connectivity index (χ0v) is 14.1.